The molecule has 0 saturated carbocycles. The molecule has 1 unspecified atom stereocenters. The highest BCUT2D eigenvalue weighted by Gasteiger charge is 2.35. The van der Waals surface area contributed by atoms with Gasteiger partial charge < -0.3 is 15.0 Å². The lowest BCUT2D eigenvalue weighted by Crippen LogP contribution is -2.28. The molecule has 0 bridgehead atoms. The fourth-order valence-corrected chi connectivity index (χ4v) is 3.25. The molecule has 1 aliphatic rings. The van der Waals surface area contributed by atoms with E-state index in [2.05, 4.69) is 5.32 Å². The molecule has 0 spiro atoms. The molecule has 2 aromatic rings. The van der Waals surface area contributed by atoms with Gasteiger partial charge >= 0.3 is 0 Å². The molecule has 1 heterocycles. The lowest BCUT2D eigenvalue weighted by Gasteiger charge is -2.19. The zero-order valence-electron chi connectivity index (χ0n) is 14.8. The maximum atomic E-state index is 12.6. The molecule has 136 valence electrons. The highest BCUT2D eigenvalue weighted by Crippen LogP contribution is 2.32. The summed E-state index contributed by atoms with van der Waals surface area (Å²) in [5, 5.41) is 3.48. The van der Waals surface area contributed by atoms with Gasteiger partial charge in [-0.1, -0.05) is 23.7 Å². The number of rotatable bonds is 5. The van der Waals surface area contributed by atoms with E-state index >= 15 is 0 Å². The summed E-state index contributed by atoms with van der Waals surface area (Å²) in [5.41, 5.74) is 2.26. The first-order valence-corrected chi connectivity index (χ1v) is 8.96. The van der Waals surface area contributed by atoms with Crippen LogP contribution in [0.15, 0.2) is 42.5 Å². The van der Waals surface area contributed by atoms with E-state index in [1.54, 1.807) is 23.1 Å². The molecule has 1 aliphatic heterocycles. The Balaban J connectivity index is 1.71. The van der Waals surface area contributed by atoms with Gasteiger partial charge in [-0.25, -0.2) is 0 Å². The van der Waals surface area contributed by atoms with E-state index in [4.69, 9.17) is 16.3 Å². The molecule has 6 heteroatoms. The predicted octanol–water partition coefficient (Wildman–Crippen LogP) is 4.04. The third kappa shape index (κ3) is 3.83. The summed E-state index contributed by atoms with van der Waals surface area (Å²) in [6.07, 6.45) is 0.183. The fourth-order valence-electron chi connectivity index (χ4n) is 3.08. The van der Waals surface area contributed by atoms with Crippen molar-refractivity contribution in [2.24, 2.45) is 5.92 Å². The van der Waals surface area contributed by atoms with Crippen LogP contribution in [0.4, 0.5) is 11.4 Å². The van der Waals surface area contributed by atoms with Crippen molar-refractivity contribution in [2.75, 3.05) is 23.4 Å². The zero-order valence-corrected chi connectivity index (χ0v) is 15.5. The minimum Gasteiger partial charge on any atom is -0.494 e. The average molecular weight is 373 g/mol. The highest BCUT2D eigenvalue weighted by atomic mass is 35.5. The van der Waals surface area contributed by atoms with Crippen molar-refractivity contribution in [3.05, 3.63) is 53.1 Å². The van der Waals surface area contributed by atoms with Crippen molar-refractivity contribution in [3.63, 3.8) is 0 Å². The number of nitrogens with zero attached hydrogens (tertiary/aromatic N) is 1. The smallest absolute Gasteiger partial charge is 0.229 e. The van der Waals surface area contributed by atoms with Crippen LogP contribution in [0.3, 0.4) is 0 Å². The van der Waals surface area contributed by atoms with Crippen molar-refractivity contribution in [1.29, 1.82) is 0 Å². The second-order valence-electron chi connectivity index (χ2n) is 6.24. The van der Waals surface area contributed by atoms with Gasteiger partial charge in [0, 0.05) is 35.4 Å². The Kier molecular flexibility index (Phi) is 5.47. The van der Waals surface area contributed by atoms with E-state index in [0.29, 0.717) is 29.6 Å². The van der Waals surface area contributed by atoms with Crippen LogP contribution in [0.25, 0.3) is 0 Å². The molecule has 1 atom stereocenters. The van der Waals surface area contributed by atoms with Gasteiger partial charge in [0.15, 0.2) is 0 Å². The summed E-state index contributed by atoms with van der Waals surface area (Å²) in [7, 11) is 0. The first-order chi connectivity index (χ1) is 12.5. The number of amides is 2. The summed E-state index contributed by atoms with van der Waals surface area (Å²) in [4.78, 5) is 26.7. The molecule has 5 nitrogen and oxygen atoms in total. The van der Waals surface area contributed by atoms with Crippen LogP contribution in [0, 0.1) is 12.8 Å². The normalized spacial score (nSPS) is 16.7. The molecule has 1 saturated heterocycles. The maximum absolute atomic E-state index is 12.6. The van der Waals surface area contributed by atoms with Gasteiger partial charge in [-0.15, -0.1) is 0 Å². The van der Waals surface area contributed by atoms with Crippen LogP contribution in [0.5, 0.6) is 5.75 Å². The summed E-state index contributed by atoms with van der Waals surface area (Å²) in [6.45, 7) is 4.68. The Morgan fingerprint density at radius 3 is 2.85 bits per heavy atom. The minimum atomic E-state index is -0.406. The largest absolute Gasteiger partial charge is 0.494 e. The molecule has 3 rings (SSSR count). The number of carbonyl (C=O) groups excluding carboxylic acids is 2. The molecule has 0 radical (unpaired) electrons. The van der Waals surface area contributed by atoms with E-state index in [1.165, 1.54) is 0 Å². The Bertz CT molecular complexity index is 838. The molecule has 2 amide bonds. The SMILES string of the molecule is CCOc1cccc(NC(=O)C2CC(=O)N(c3cccc(Cl)c3C)C2)c1. The van der Waals surface area contributed by atoms with Crippen LogP contribution in [0.1, 0.15) is 18.9 Å². The third-order valence-corrected chi connectivity index (χ3v) is 4.85. The van der Waals surface area contributed by atoms with Crippen molar-refractivity contribution in [3.8, 4) is 5.75 Å². The van der Waals surface area contributed by atoms with Gasteiger partial charge in [-0.3, -0.25) is 9.59 Å². The number of carbonyl (C=O) groups is 2. The summed E-state index contributed by atoms with van der Waals surface area (Å²) in [6, 6.07) is 12.7. The number of anilines is 2. The van der Waals surface area contributed by atoms with Crippen molar-refractivity contribution < 1.29 is 14.3 Å². The van der Waals surface area contributed by atoms with Gasteiger partial charge in [0.2, 0.25) is 11.8 Å². The van der Waals surface area contributed by atoms with E-state index < -0.39 is 5.92 Å². The number of benzene rings is 2. The van der Waals surface area contributed by atoms with E-state index in [9.17, 15) is 9.59 Å². The lowest BCUT2D eigenvalue weighted by molar-refractivity contribution is -0.122. The molecule has 2 aromatic carbocycles. The van der Waals surface area contributed by atoms with Gasteiger partial charge in [0.1, 0.15) is 5.75 Å². The number of halogens is 1. The van der Waals surface area contributed by atoms with E-state index in [-0.39, 0.29) is 18.2 Å². The van der Waals surface area contributed by atoms with Gasteiger partial charge in [-0.05, 0) is 43.7 Å². The maximum Gasteiger partial charge on any atom is 0.229 e. The Morgan fingerprint density at radius 2 is 2.08 bits per heavy atom. The number of hydrogen-bond donors (Lipinski definition) is 1. The van der Waals surface area contributed by atoms with Crippen LogP contribution < -0.4 is 15.0 Å². The van der Waals surface area contributed by atoms with Crippen molar-refractivity contribution in [1.82, 2.24) is 0 Å². The quantitative estimate of drug-likeness (QED) is 0.861. The second kappa shape index (κ2) is 7.79. The van der Waals surface area contributed by atoms with Crippen molar-refractivity contribution in [2.45, 2.75) is 20.3 Å². The standard InChI is InChI=1S/C20H21ClN2O3/c1-3-26-16-7-4-6-15(11-16)22-20(25)14-10-19(24)23(12-14)18-9-5-8-17(21)13(18)2/h4-9,11,14H,3,10,12H2,1-2H3,(H,22,25). The van der Waals surface area contributed by atoms with E-state index in [0.717, 1.165) is 11.3 Å². The Labute approximate surface area is 157 Å². The van der Waals surface area contributed by atoms with E-state index in [1.807, 2.05) is 38.1 Å². The molecule has 1 N–H and O–H groups in total. The molecule has 0 aromatic heterocycles. The number of ether oxygens (including phenoxy) is 1. The molecule has 0 aliphatic carbocycles. The average Bonchev–Trinajstić information content (AvgIpc) is 3.00. The summed E-state index contributed by atoms with van der Waals surface area (Å²) >= 11 is 6.16. The summed E-state index contributed by atoms with van der Waals surface area (Å²) in [5.74, 6) is 0.0494. The van der Waals surface area contributed by atoms with Crippen LogP contribution in [-0.4, -0.2) is 25.0 Å². The zero-order chi connectivity index (χ0) is 18.7. The number of hydrogen-bond acceptors (Lipinski definition) is 3. The first-order valence-electron chi connectivity index (χ1n) is 8.58. The molecule has 26 heavy (non-hydrogen) atoms. The topological polar surface area (TPSA) is 58.6 Å². The second-order valence-corrected chi connectivity index (χ2v) is 6.65. The Hall–Kier alpha value is -2.53. The van der Waals surface area contributed by atoms with Crippen molar-refractivity contribution >= 4 is 34.8 Å². The van der Waals surface area contributed by atoms with Crippen LogP contribution in [0.2, 0.25) is 5.02 Å². The van der Waals surface area contributed by atoms with Crippen LogP contribution in [-0.2, 0) is 9.59 Å². The summed E-state index contributed by atoms with van der Waals surface area (Å²) < 4.78 is 5.44. The monoisotopic (exact) mass is 372 g/mol. The predicted molar refractivity (Wildman–Crippen MR) is 103 cm³/mol. The first kappa shape index (κ1) is 18.3. The molecular formula is C20H21ClN2O3. The molecular weight excluding hydrogens is 352 g/mol. The minimum absolute atomic E-state index is 0.0708. The van der Waals surface area contributed by atoms with Gasteiger partial charge in [0.25, 0.3) is 0 Å². The molecule has 1 fully saturated rings. The van der Waals surface area contributed by atoms with Gasteiger partial charge in [0.05, 0.1) is 12.5 Å². The highest BCUT2D eigenvalue weighted by molar-refractivity contribution is 6.31. The number of nitrogens with one attached hydrogen (secondary N) is 1. The van der Waals surface area contributed by atoms with Crippen LogP contribution >= 0.6 is 11.6 Å². The lowest BCUT2D eigenvalue weighted by atomic mass is 10.1. The van der Waals surface area contributed by atoms with Gasteiger partial charge in [-0.2, -0.15) is 0 Å². The fraction of sp³-hybridized carbons (Fsp3) is 0.300. The third-order valence-electron chi connectivity index (χ3n) is 4.44. The Morgan fingerprint density at radius 1 is 1.31 bits per heavy atom.